The van der Waals surface area contributed by atoms with Gasteiger partial charge in [-0.05, 0) is 41.1 Å². The lowest BCUT2D eigenvalue weighted by Crippen LogP contribution is -2.31. The first kappa shape index (κ1) is 24.1. The third-order valence-corrected chi connectivity index (χ3v) is 6.33. The van der Waals surface area contributed by atoms with Crippen LogP contribution in [-0.2, 0) is 23.9 Å². The maximum absolute atomic E-state index is 13.6. The van der Waals surface area contributed by atoms with Crippen molar-refractivity contribution in [3.05, 3.63) is 77.5 Å². The van der Waals surface area contributed by atoms with E-state index in [9.17, 15) is 17.6 Å². The van der Waals surface area contributed by atoms with Gasteiger partial charge in [0, 0.05) is 37.3 Å². The Kier molecular flexibility index (Phi) is 7.11. The molecule has 2 heterocycles. The molecular formula is C24H22F4N4OS. The summed E-state index contributed by atoms with van der Waals surface area (Å²) < 4.78 is 57.0. The van der Waals surface area contributed by atoms with Crippen molar-refractivity contribution in [1.82, 2.24) is 9.97 Å². The number of nitrogens with one attached hydrogen (secondary N) is 1. The molecule has 0 saturated heterocycles. The lowest BCUT2D eigenvalue weighted by molar-refractivity contribution is -0.137. The summed E-state index contributed by atoms with van der Waals surface area (Å²) in [4.78, 5) is 9.17. The van der Waals surface area contributed by atoms with Crippen LogP contribution in [0.5, 0.6) is 0 Å². The Balaban J connectivity index is 1.46. The van der Waals surface area contributed by atoms with Crippen LogP contribution in [0.15, 0.2) is 54.7 Å². The molecule has 34 heavy (non-hydrogen) atoms. The summed E-state index contributed by atoms with van der Waals surface area (Å²) in [6, 6.07) is 11.7. The first-order valence-electron chi connectivity index (χ1n) is 10.4. The van der Waals surface area contributed by atoms with E-state index in [1.807, 2.05) is 18.2 Å². The van der Waals surface area contributed by atoms with Gasteiger partial charge in [0.1, 0.15) is 0 Å². The van der Waals surface area contributed by atoms with Gasteiger partial charge in [-0.2, -0.15) is 17.6 Å². The van der Waals surface area contributed by atoms with Gasteiger partial charge in [0.25, 0.3) is 0 Å². The second-order valence-electron chi connectivity index (χ2n) is 7.84. The Morgan fingerprint density at radius 3 is 2.56 bits per heavy atom. The normalized spacial score (nSPS) is 12.8. The molecule has 4 aromatic rings. The van der Waals surface area contributed by atoms with Gasteiger partial charge in [-0.25, -0.2) is 9.97 Å². The van der Waals surface area contributed by atoms with Crippen LogP contribution in [0.4, 0.5) is 22.7 Å². The number of benzene rings is 2. The van der Waals surface area contributed by atoms with Crippen molar-refractivity contribution >= 4 is 27.2 Å². The van der Waals surface area contributed by atoms with Crippen molar-refractivity contribution in [3.63, 3.8) is 0 Å². The highest BCUT2D eigenvalue weighted by Gasteiger charge is 2.30. The van der Waals surface area contributed by atoms with Crippen LogP contribution in [0.25, 0.3) is 21.2 Å². The number of hydrogen-bond donors (Lipinski definition) is 2. The van der Waals surface area contributed by atoms with Gasteiger partial charge in [-0.3, -0.25) is 0 Å². The second-order valence-corrected chi connectivity index (χ2v) is 8.84. The van der Waals surface area contributed by atoms with Gasteiger partial charge >= 0.3 is 6.18 Å². The van der Waals surface area contributed by atoms with Crippen LogP contribution in [0.1, 0.15) is 16.8 Å². The van der Waals surface area contributed by atoms with Crippen molar-refractivity contribution in [1.29, 1.82) is 0 Å². The highest BCUT2D eigenvalue weighted by Crippen LogP contribution is 2.35. The average Bonchev–Trinajstić information content (AvgIpc) is 3.20. The van der Waals surface area contributed by atoms with Crippen LogP contribution >= 0.6 is 11.3 Å². The molecular weight excluding hydrogens is 468 g/mol. The quantitative estimate of drug-likeness (QED) is 0.247. The highest BCUT2D eigenvalue weighted by molar-refractivity contribution is 7.19. The fourth-order valence-corrected chi connectivity index (χ4v) is 4.54. The van der Waals surface area contributed by atoms with E-state index in [2.05, 4.69) is 15.3 Å². The zero-order valence-corrected chi connectivity index (χ0v) is 19.0. The summed E-state index contributed by atoms with van der Waals surface area (Å²) in [6.45, 7) is 0.683. The monoisotopic (exact) mass is 490 g/mol. The predicted octanol–water partition coefficient (Wildman–Crippen LogP) is 5.64. The maximum atomic E-state index is 13.6. The van der Waals surface area contributed by atoms with E-state index >= 15 is 0 Å². The maximum Gasteiger partial charge on any atom is 0.416 e. The van der Waals surface area contributed by atoms with Crippen molar-refractivity contribution in [2.24, 2.45) is 5.73 Å². The SMILES string of the molecule is COCc1nc(NC[C@@H](N)Cc2ccc(C(F)(F)F)cc2)sc1-c1ccc2cnc(F)cc2c1. The number of aromatic nitrogens is 2. The zero-order valence-electron chi connectivity index (χ0n) is 18.2. The number of fused-ring (bicyclic) bond motifs is 1. The van der Waals surface area contributed by atoms with Gasteiger partial charge in [0.2, 0.25) is 5.95 Å². The van der Waals surface area contributed by atoms with Crippen LogP contribution in [0, 0.1) is 5.95 Å². The van der Waals surface area contributed by atoms with Gasteiger partial charge < -0.3 is 15.8 Å². The minimum Gasteiger partial charge on any atom is -0.378 e. The second kappa shape index (κ2) is 10.0. The Bertz CT molecular complexity index is 1270. The molecule has 4 rings (SSSR count). The van der Waals surface area contributed by atoms with Crippen molar-refractivity contribution in [3.8, 4) is 10.4 Å². The molecule has 0 saturated carbocycles. The molecule has 178 valence electrons. The fourth-order valence-electron chi connectivity index (χ4n) is 3.57. The number of nitrogens with zero attached hydrogens (tertiary/aromatic N) is 2. The Labute approximate surface area is 197 Å². The average molecular weight is 491 g/mol. The largest absolute Gasteiger partial charge is 0.416 e. The summed E-state index contributed by atoms with van der Waals surface area (Å²) in [7, 11) is 1.58. The molecule has 10 heteroatoms. The molecule has 5 nitrogen and oxygen atoms in total. The Morgan fingerprint density at radius 2 is 1.85 bits per heavy atom. The molecule has 2 aromatic heterocycles. The lowest BCUT2D eigenvalue weighted by atomic mass is 10.0. The molecule has 0 spiro atoms. The van der Waals surface area contributed by atoms with Crippen molar-refractivity contribution in [2.45, 2.75) is 25.2 Å². The van der Waals surface area contributed by atoms with Crippen molar-refractivity contribution < 1.29 is 22.3 Å². The topological polar surface area (TPSA) is 73.1 Å². The first-order chi connectivity index (χ1) is 16.2. The Morgan fingerprint density at radius 1 is 1.09 bits per heavy atom. The number of ether oxygens (including phenoxy) is 1. The molecule has 0 fully saturated rings. The molecule has 0 unspecified atom stereocenters. The molecule has 1 atom stereocenters. The minimum absolute atomic E-state index is 0.299. The van der Waals surface area contributed by atoms with Gasteiger partial charge in [-0.15, -0.1) is 0 Å². The van der Waals surface area contributed by atoms with Crippen LogP contribution < -0.4 is 11.1 Å². The zero-order chi connectivity index (χ0) is 24.3. The van der Waals surface area contributed by atoms with E-state index in [0.29, 0.717) is 24.7 Å². The minimum atomic E-state index is -4.36. The van der Waals surface area contributed by atoms with E-state index in [0.717, 1.165) is 44.6 Å². The van der Waals surface area contributed by atoms with Gasteiger partial charge in [-0.1, -0.05) is 35.6 Å². The van der Waals surface area contributed by atoms with E-state index in [1.165, 1.54) is 35.7 Å². The molecule has 0 radical (unpaired) electrons. The number of nitrogens with two attached hydrogens (primary N) is 1. The summed E-state index contributed by atoms with van der Waals surface area (Å²) in [5.41, 5.74) is 7.85. The summed E-state index contributed by atoms with van der Waals surface area (Å²) in [6.07, 6.45) is -2.46. The molecule has 0 bridgehead atoms. The van der Waals surface area contributed by atoms with Crippen LogP contribution in [-0.4, -0.2) is 29.7 Å². The van der Waals surface area contributed by atoms with Gasteiger partial charge in [0.15, 0.2) is 5.13 Å². The fraction of sp³-hybridized carbons (Fsp3) is 0.250. The smallest absolute Gasteiger partial charge is 0.378 e. The predicted molar refractivity (Wildman–Crippen MR) is 125 cm³/mol. The number of hydrogen-bond acceptors (Lipinski definition) is 6. The van der Waals surface area contributed by atoms with Crippen molar-refractivity contribution in [2.75, 3.05) is 19.0 Å². The molecule has 0 aliphatic rings. The highest BCUT2D eigenvalue weighted by atomic mass is 32.1. The number of anilines is 1. The third-order valence-electron chi connectivity index (χ3n) is 5.22. The van der Waals surface area contributed by atoms with E-state index in [4.69, 9.17) is 10.5 Å². The summed E-state index contributed by atoms with van der Waals surface area (Å²) in [5, 5.41) is 5.42. The number of alkyl halides is 3. The first-order valence-corrected chi connectivity index (χ1v) is 11.2. The summed E-state index contributed by atoms with van der Waals surface area (Å²) in [5.74, 6) is -0.546. The molecule has 0 amide bonds. The number of pyridine rings is 1. The molecule has 0 aliphatic carbocycles. The number of methoxy groups -OCH3 is 1. The lowest BCUT2D eigenvalue weighted by Gasteiger charge is -2.13. The van der Waals surface area contributed by atoms with Crippen LogP contribution in [0.3, 0.4) is 0 Å². The number of thiazole rings is 1. The molecule has 0 aliphatic heterocycles. The molecule has 3 N–H and O–H groups in total. The van der Waals surface area contributed by atoms with E-state index < -0.39 is 17.7 Å². The molecule has 2 aromatic carbocycles. The standard InChI is InChI=1S/C24H22F4N4OS/c1-33-13-20-22(15-4-5-16-11-30-21(25)10-17(16)9-15)34-23(32-20)31-12-19(29)8-14-2-6-18(7-3-14)24(26,27)28/h2-7,9-11,19H,8,12-13,29H2,1H3,(H,31,32)/t19-/m0/s1. The van der Waals surface area contributed by atoms with Crippen LogP contribution in [0.2, 0.25) is 0 Å². The number of halogens is 4. The van der Waals surface area contributed by atoms with Gasteiger partial charge in [0.05, 0.1) is 22.7 Å². The third kappa shape index (κ3) is 5.69. The van der Waals surface area contributed by atoms with E-state index in [-0.39, 0.29) is 6.04 Å². The Hall–Kier alpha value is -3.08. The number of rotatable bonds is 8. The summed E-state index contributed by atoms with van der Waals surface area (Å²) >= 11 is 1.43. The van der Waals surface area contributed by atoms with E-state index in [1.54, 1.807) is 7.11 Å².